The number of β-amino-alcohol motifs (C(OH)–C–C–N with tert-alkyl or cyclic N) is 1. The van der Waals surface area contributed by atoms with Gasteiger partial charge in [-0.15, -0.1) is 11.3 Å². The first kappa shape index (κ1) is 23.1. The lowest BCUT2D eigenvalue weighted by atomic mass is 10.0. The van der Waals surface area contributed by atoms with Gasteiger partial charge in [-0.1, -0.05) is 29.4 Å². The van der Waals surface area contributed by atoms with Gasteiger partial charge < -0.3 is 19.8 Å². The van der Waals surface area contributed by atoms with Crippen LogP contribution in [0.3, 0.4) is 0 Å². The smallest absolute Gasteiger partial charge is 0.243 e. The molecule has 0 saturated carbocycles. The largest absolute Gasteiger partial charge is 0.391 e. The molecule has 4 atom stereocenters. The number of rotatable bonds is 6. The summed E-state index contributed by atoms with van der Waals surface area (Å²) in [5.41, 5.74) is 5.55. The lowest BCUT2D eigenvalue weighted by molar-refractivity contribution is -0.140. The first-order chi connectivity index (χ1) is 15.7. The number of aliphatic hydroxyl groups is 1. The molecule has 0 aliphatic carbocycles. The third-order valence-corrected chi connectivity index (χ3v) is 7.06. The molecule has 2 N–H and O–H groups in total. The highest BCUT2D eigenvalue weighted by Gasteiger charge is 2.41. The second-order valence-corrected chi connectivity index (χ2v) is 9.46. The number of thiazole rings is 1. The van der Waals surface area contributed by atoms with Crippen LogP contribution in [0.25, 0.3) is 10.4 Å². The van der Waals surface area contributed by atoms with Crippen LogP contribution in [0.15, 0.2) is 40.4 Å². The standard InChI is InChI=1S/C24H28N4O4S/c1-13-9-21(32-27-13)14(2)24(31)28-11-19(29)10-20(28)23(30)26-15(3)17-5-7-18(8-6-17)22-16(4)25-12-33-22/h5-9,12,14-15,19-20,29H,10-11H2,1-4H3,(H,26,30). The molecule has 8 nitrogen and oxygen atoms in total. The molecule has 2 amide bonds. The van der Waals surface area contributed by atoms with Crippen LogP contribution < -0.4 is 5.32 Å². The van der Waals surface area contributed by atoms with E-state index in [0.717, 1.165) is 21.7 Å². The number of likely N-dealkylation sites (tertiary alicyclic amines) is 1. The molecular weight excluding hydrogens is 440 g/mol. The first-order valence-corrected chi connectivity index (χ1v) is 11.8. The van der Waals surface area contributed by atoms with Crippen molar-refractivity contribution in [1.29, 1.82) is 0 Å². The van der Waals surface area contributed by atoms with E-state index in [9.17, 15) is 14.7 Å². The van der Waals surface area contributed by atoms with Crippen molar-refractivity contribution >= 4 is 23.2 Å². The minimum absolute atomic E-state index is 0.117. The van der Waals surface area contributed by atoms with Crippen molar-refractivity contribution in [3.8, 4) is 10.4 Å². The van der Waals surface area contributed by atoms with Gasteiger partial charge in [0.25, 0.3) is 0 Å². The van der Waals surface area contributed by atoms with Gasteiger partial charge in [0.2, 0.25) is 11.8 Å². The number of carbonyl (C=O) groups is 2. The summed E-state index contributed by atoms with van der Waals surface area (Å²) in [7, 11) is 0. The molecule has 1 saturated heterocycles. The molecule has 0 bridgehead atoms. The van der Waals surface area contributed by atoms with Gasteiger partial charge >= 0.3 is 0 Å². The minimum atomic E-state index is -0.745. The van der Waals surface area contributed by atoms with Gasteiger partial charge in [-0.05, 0) is 38.8 Å². The number of hydrogen-bond acceptors (Lipinski definition) is 7. The molecule has 4 unspecified atom stereocenters. The number of carbonyl (C=O) groups excluding carboxylic acids is 2. The van der Waals surface area contributed by atoms with Gasteiger partial charge in [0.05, 0.1) is 39.8 Å². The number of aryl methyl sites for hydroxylation is 2. The van der Waals surface area contributed by atoms with E-state index in [4.69, 9.17) is 4.52 Å². The number of aromatic nitrogens is 2. The van der Waals surface area contributed by atoms with Crippen LogP contribution in [0.2, 0.25) is 0 Å². The maximum Gasteiger partial charge on any atom is 0.243 e. The quantitative estimate of drug-likeness (QED) is 0.574. The fourth-order valence-corrected chi connectivity index (χ4v) is 4.97. The number of benzene rings is 1. The van der Waals surface area contributed by atoms with Crippen molar-refractivity contribution in [3.63, 3.8) is 0 Å². The second kappa shape index (κ2) is 9.44. The molecule has 4 rings (SSSR count). The third kappa shape index (κ3) is 4.84. The van der Waals surface area contributed by atoms with Crippen molar-refractivity contribution < 1.29 is 19.2 Å². The van der Waals surface area contributed by atoms with Gasteiger partial charge in [-0.2, -0.15) is 0 Å². The van der Waals surface area contributed by atoms with E-state index >= 15 is 0 Å². The van der Waals surface area contributed by atoms with E-state index < -0.39 is 18.1 Å². The summed E-state index contributed by atoms with van der Waals surface area (Å²) in [4.78, 5) is 33.1. The van der Waals surface area contributed by atoms with Crippen LogP contribution in [0.5, 0.6) is 0 Å². The predicted octanol–water partition coefficient (Wildman–Crippen LogP) is 3.36. The van der Waals surface area contributed by atoms with Gasteiger partial charge in [0, 0.05) is 19.0 Å². The molecule has 1 fully saturated rings. The minimum Gasteiger partial charge on any atom is -0.391 e. The van der Waals surface area contributed by atoms with Crippen LogP contribution in [0.1, 0.15) is 54.9 Å². The molecule has 0 radical (unpaired) electrons. The molecule has 9 heteroatoms. The van der Waals surface area contributed by atoms with E-state index in [0.29, 0.717) is 11.5 Å². The molecule has 33 heavy (non-hydrogen) atoms. The van der Waals surface area contributed by atoms with E-state index in [2.05, 4.69) is 15.5 Å². The number of nitrogens with zero attached hydrogens (tertiary/aromatic N) is 3. The average molecular weight is 469 g/mol. The fraction of sp³-hybridized carbons (Fsp3) is 0.417. The van der Waals surface area contributed by atoms with Gasteiger partial charge in [-0.25, -0.2) is 4.98 Å². The zero-order chi connectivity index (χ0) is 23.7. The lowest BCUT2D eigenvalue weighted by Gasteiger charge is -2.27. The molecule has 1 aliphatic heterocycles. The van der Waals surface area contributed by atoms with E-state index in [1.54, 1.807) is 31.3 Å². The predicted molar refractivity (Wildman–Crippen MR) is 125 cm³/mol. The Morgan fingerprint density at radius 3 is 2.58 bits per heavy atom. The SMILES string of the molecule is Cc1cc(C(C)C(=O)N2CC(O)CC2C(=O)NC(C)c2ccc(-c3scnc3C)cc2)on1. The molecule has 3 heterocycles. The zero-order valence-electron chi connectivity index (χ0n) is 19.1. The number of amides is 2. The fourth-order valence-electron chi connectivity index (χ4n) is 4.16. The monoisotopic (exact) mass is 468 g/mol. The maximum atomic E-state index is 13.1. The van der Waals surface area contributed by atoms with Crippen LogP contribution >= 0.6 is 11.3 Å². The highest BCUT2D eigenvalue weighted by molar-refractivity contribution is 7.13. The summed E-state index contributed by atoms with van der Waals surface area (Å²) in [5.74, 6) is -0.690. The van der Waals surface area contributed by atoms with Crippen molar-refractivity contribution in [2.75, 3.05) is 6.54 Å². The van der Waals surface area contributed by atoms with E-state index in [-0.39, 0.29) is 30.8 Å². The van der Waals surface area contributed by atoms with Crippen molar-refractivity contribution in [1.82, 2.24) is 20.4 Å². The van der Waals surface area contributed by atoms with E-state index in [1.807, 2.05) is 43.6 Å². The highest BCUT2D eigenvalue weighted by Crippen LogP contribution is 2.29. The Hall–Kier alpha value is -3.04. The Balaban J connectivity index is 1.44. The molecule has 1 aromatic carbocycles. The van der Waals surface area contributed by atoms with Crippen molar-refractivity contribution in [2.24, 2.45) is 0 Å². The average Bonchev–Trinajstić information content (AvgIpc) is 3.52. The van der Waals surface area contributed by atoms with Crippen LogP contribution in [-0.2, 0) is 9.59 Å². The number of hydrogen-bond donors (Lipinski definition) is 2. The Kier molecular flexibility index (Phi) is 6.62. The zero-order valence-corrected chi connectivity index (χ0v) is 19.9. The Labute approximate surface area is 196 Å². The molecule has 3 aromatic rings. The number of aliphatic hydroxyl groups excluding tert-OH is 1. The lowest BCUT2D eigenvalue weighted by Crippen LogP contribution is -2.47. The number of nitrogens with one attached hydrogen (secondary N) is 1. The normalized spacial score (nSPS) is 20.0. The van der Waals surface area contributed by atoms with Crippen molar-refractivity contribution in [3.05, 3.63) is 58.6 Å². The maximum absolute atomic E-state index is 13.1. The second-order valence-electron chi connectivity index (χ2n) is 8.61. The summed E-state index contributed by atoms with van der Waals surface area (Å²) >= 11 is 1.60. The summed E-state index contributed by atoms with van der Waals surface area (Å²) in [6.07, 6.45) is -0.540. The molecule has 174 valence electrons. The summed E-state index contributed by atoms with van der Waals surface area (Å²) in [6, 6.07) is 8.74. The summed E-state index contributed by atoms with van der Waals surface area (Å²) in [6.45, 7) is 7.51. The molecule has 1 aliphatic rings. The van der Waals surface area contributed by atoms with Crippen LogP contribution in [0.4, 0.5) is 0 Å². The highest BCUT2D eigenvalue weighted by atomic mass is 32.1. The summed E-state index contributed by atoms with van der Waals surface area (Å²) in [5, 5.41) is 17.0. The Morgan fingerprint density at radius 2 is 1.97 bits per heavy atom. The Morgan fingerprint density at radius 1 is 1.24 bits per heavy atom. The van der Waals surface area contributed by atoms with Gasteiger partial charge in [0.1, 0.15) is 11.8 Å². The molecule has 2 aromatic heterocycles. The van der Waals surface area contributed by atoms with Crippen molar-refractivity contribution in [2.45, 2.75) is 58.2 Å². The topological polar surface area (TPSA) is 109 Å². The summed E-state index contributed by atoms with van der Waals surface area (Å²) < 4.78 is 5.23. The van der Waals surface area contributed by atoms with Crippen LogP contribution in [0, 0.1) is 13.8 Å². The van der Waals surface area contributed by atoms with Gasteiger partial charge in [-0.3, -0.25) is 9.59 Å². The van der Waals surface area contributed by atoms with Crippen LogP contribution in [-0.4, -0.2) is 50.7 Å². The Bertz CT molecular complexity index is 1140. The first-order valence-electron chi connectivity index (χ1n) is 11.0. The molecule has 0 spiro atoms. The third-order valence-electron chi connectivity index (χ3n) is 6.09. The van der Waals surface area contributed by atoms with E-state index in [1.165, 1.54) is 4.90 Å². The molecular formula is C24H28N4O4S. The van der Waals surface area contributed by atoms with Gasteiger partial charge in [0.15, 0.2) is 0 Å².